The Kier molecular flexibility index (Phi) is 5.40. The van der Waals surface area contributed by atoms with Gasteiger partial charge in [-0.2, -0.15) is 27.6 Å². The molecule has 9 nitrogen and oxygen atoms in total. The lowest BCUT2D eigenvalue weighted by Crippen LogP contribution is -2.49. The van der Waals surface area contributed by atoms with Crippen LogP contribution in [0.5, 0.6) is 0 Å². The Morgan fingerprint density at radius 1 is 0.974 bits per heavy atom. The summed E-state index contributed by atoms with van der Waals surface area (Å²) >= 11 is 0. The predicted molar refractivity (Wildman–Crippen MR) is 138 cm³/mol. The number of aromatic nitrogens is 4. The number of aromatic amines is 1. The van der Waals surface area contributed by atoms with Crippen LogP contribution in [0.3, 0.4) is 0 Å². The molecular weight excluding hydrogens is 531 g/mol. The van der Waals surface area contributed by atoms with Crippen molar-refractivity contribution in [1.82, 2.24) is 24.5 Å². The number of H-pyrrole nitrogens is 1. The van der Waals surface area contributed by atoms with Crippen LogP contribution in [0.2, 0.25) is 0 Å². The summed E-state index contributed by atoms with van der Waals surface area (Å²) in [6, 6.07) is 12.9. The van der Waals surface area contributed by atoms with Crippen molar-refractivity contribution in [3.05, 3.63) is 65.9 Å². The number of sulfonamides is 1. The van der Waals surface area contributed by atoms with Gasteiger partial charge in [-0.05, 0) is 49.6 Å². The SMILES string of the molecule is O=S(=O)(c1cccc(C(F)(F)F)c1)N1CC2CC1CN2c1nc(Nc2cc(C3CC3)[nH]n2)c2ccccc2n1. The van der Waals surface area contributed by atoms with Crippen LogP contribution in [0.25, 0.3) is 10.9 Å². The van der Waals surface area contributed by atoms with Crippen LogP contribution >= 0.6 is 0 Å². The first-order valence-electron chi connectivity index (χ1n) is 12.7. The van der Waals surface area contributed by atoms with Gasteiger partial charge < -0.3 is 10.2 Å². The largest absolute Gasteiger partial charge is 0.416 e. The van der Waals surface area contributed by atoms with Gasteiger partial charge in [-0.1, -0.05) is 18.2 Å². The normalized spacial score (nSPS) is 21.7. The molecule has 2 aromatic carbocycles. The van der Waals surface area contributed by atoms with Crippen molar-refractivity contribution in [1.29, 1.82) is 0 Å². The number of alkyl halides is 3. The number of nitrogens with zero attached hydrogens (tertiary/aromatic N) is 5. The van der Waals surface area contributed by atoms with Gasteiger partial charge in [0.15, 0.2) is 5.82 Å². The first-order chi connectivity index (χ1) is 18.7. The van der Waals surface area contributed by atoms with Gasteiger partial charge in [0.2, 0.25) is 16.0 Å². The number of nitrogens with one attached hydrogen (secondary N) is 2. The van der Waals surface area contributed by atoms with E-state index in [-0.39, 0.29) is 17.5 Å². The molecule has 1 saturated carbocycles. The fraction of sp³-hybridized carbons (Fsp3) is 0.346. The van der Waals surface area contributed by atoms with E-state index in [0.717, 1.165) is 41.6 Å². The lowest BCUT2D eigenvalue weighted by atomic mass is 10.2. The second-order valence-electron chi connectivity index (χ2n) is 10.3. The van der Waals surface area contributed by atoms with Crippen molar-refractivity contribution in [2.24, 2.45) is 0 Å². The van der Waals surface area contributed by atoms with Crippen molar-refractivity contribution in [2.45, 2.75) is 48.3 Å². The molecule has 2 atom stereocenters. The van der Waals surface area contributed by atoms with Gasteiger partial charge in [-0.15, -0.1) is 0 Å². The van der Waals surface area contributed by atoms with E-state index < -0.39 is 27.8 Å². The van der Waals surface area contributed by atoms with E-state index in [0.29, 0.717) is 42.5 Å². The fourth-order valence-corrected chi connectivity index (χ4v) is 7.26. The highest BCUT2D eigenvalue weighted by Crippen LogP contribution is 2.41. The molecule has 1 aliphatic carbocycles. The molecule has 2 bridgehead atoms. The van der Waals surface area contributed by atoms with E-state index >= 15 is 0 Å². The number of hydrogen-bond acceptors (Lipinski definition) is 7. The average molecular weight is 556 g/mol. The third kappa shape index (κ3) is 4.29. The molecule has 2 saturated heterocycles. The summed E-state index contributed by atoms with van der Waals surface area (Å²) in [5.41, 5.74) is 0.842. The fourth-order valence-electron chi connectivity index (χ4n) is 5.55. The molecule has 4 heterocycles. The number of anilines is 3. The smallest absolute Gasteiger partial charge is 0.335 e. The third-order valence-electron chi connectivity index (χ3n) is 7.67. The van der Waals surface area contributed by atoms with Crippen LogP contribution in [0.15, 0.2) is 59.5 Å². The molecule has 7 rings (SSSR count). The van der Waals surface area contributed by atoms with Crippen LogP contribution in [0, 0.1) is 0 Å². The molecule has 0 spiro atoms. The molecular formula is C26H24F3N7O2S. The maximum atomic E-state index is 13.3. The van der Waals surface area contributed by atoms with E-state index in [9.17, 15) is 21.6 Å². The highest BCUT2D eigenvalue weighted by Gasteiger charge is 2.49. The minimum absolute atomic E-state index is 0.145. The number of hydrogen-bond donors (Lipinski definition) is 2. The second kappa shape index (κ2) is 8.65. The molecule has 2 unspecified atom stereocenters. The average Bonchev–Trinajstić information content (AvgIpc) is 3.32. The third-order valence-corrected chi connectivity index (χ3v) is 9.58. The number of benzene rings is 2. The van der Waals surface area contributed by atoms with Crippen molar-refractivity contribution in [3.8, 4) is 0 Å². The Labute approximate surface area is 222 Å². The van der Waals surface area contributed by atoms with E-state index in [1.807, 2.05) is 35.2 Å². The first kappa shape index (κ1) is 24.3. The lowest BCUT2D eigenvalue weighted by Gasteiger charge is -2.33. The van der Waals surface area contributed by atoms with Crippen molar-refractivity contribution in [3.63, 3.8) is 0 Å². The van der Waals surface area contributed by atoms with Crippen LogP contribution in [0.1, 0.15) is 36.4 Å². The molecule has 4 aromatic rings. The zero-order valence-corrected chi connectivity index (χ0v) is 21.4. The summed E-state index contributed by atoms with van der Waals surface area (Å²) in [5.74, 6) is 2.26. The number of piperazine rings is 1. The summed E-state index contributed by atoms with van der Waals surface area (Å²) in [5, 5.41) is 11.6. The number of rotatable bonds is 6. The standard InChI is InChI=1S/C26H24F3N7O2S/c27-26(28,29)16-4-3-5-19(10-16)39(37,38)36-14-17-11-18(36)13-35(17)25-30-21-7-2-1-6-20(21)24(32-25)31-23-12-22(33-34-23)15-8-9-15/h1-7,10,12,15,17-18H,8-9,11,13-14H2,(H2,30,31,32,33,34). The summed E-state index contributed by atoms with van der Waals surface area (Å²) in [7, 11) is -4.10. The molecule has 3 aliphatic rings. The zero-order valence-electron chi connectivity index (χ0n) is 20.6. The molecule has 2 aliphatic heterocycles. The van der Waals surface area contributed by atoms with Crippen LogP contribution in [-0.4, -0.2) is 58.1 Å². The minimum atomic E-state index is -4.62. The highest BCUT2D eigenvalue weighted by atomic mass is 32.2. The molecule has 202 valence electrons. The maximum Gasteiger partial charge on any atom is 0.416 e. The Morgan fingerprint density at radius 3 is 2.54 bits per heavy atom. The molecule has 13 heteroatoms. The van der Waals surface area contributed by atoms with E-state index in [1.165, 1.54) is 10.4 Å². The van der Waals surface area contributed by atoms with Gasteiger partial charge in [-0.25, -0.2) is 13.4 Å². The lowest BCUT2D eigenvalue weighted by molar-refractivity contribution is -0.137. The Balaban J connectivity index is 1.16. The second-order valence-corrected chi connectivity index (χ2v) is 12.2. The van der Waals surface area contributed by atoms with Crippen LogP contribution in [0.4, 0.5) is 30.8 Å². The first-order valence-corrected chi connectivity index (χ1v) is 14.2. The Bertz CT molecular complexity index is 1690. The minimum Gasteiger partial charge on any atom is -0.335 e. The molecule has 2 N–H and O–H groups in total. The van der Waals surface area contributed by atoms with Crippen molar-refractivity contribution < 1.29 is 21.6 Å². The Hall–Kier alpha value is -3.71. The van der Waals surface area contributed by atoms with Crippen molar-refractivity contribution in [2.75, 3.05) is 23.3 Å². The van der Waals surface area contributed by atoms with Gasteiger partial charge >= 0.3 is 6.18 Å². The van der Waals surface area contributed by atoms with E-state index in [4.69, 9.17) is 9.97 Å². The van der Waals surface area contributed by atoms with Gasteiger partial charge in [0.1, 0.15) is 5.82 Å². The highest BCUT2D eigenvalue weighted by molar-refractivity contribution is 7.89. The molecule has 0 amide bonds. The van der Waals surface area contributed by atoms with Crippen LogP contribution in [-0.2, 0) is 16.2 Å². The number of para-hydroxylation sites is 1. The molecule has 0 radical (unpaired) electrons. The van der Waals surface area contributed by atoms with E-state index in [1.54, 1.807) is 0 Å². The molecule has 39 heavy (non-hydrogen) atoms. The topological polar surface area (TPSA) is 107 Å². The van der Waals surface area contributed by atoms with Gasteiger partial charge in [0.05, 0.1) is 16.0 Å². The van der Waals surface area contributed by atoms with Gasteiger partial charge in [0.25, 0.3) is 0 Å². The predicted octanol–water partition coefficient (Wildman–Crippen LogP) is 4.64. The summed E-state index contributed by atoms with van der Waals surface area (Å²) < 4.78 is 67.6. The summed E-state index contributed by atoms with van der Waals surface area (Å²) in [6.07, 6.45) is -1.78. The number of fused-ring (bicyclic) bond motifs is 3. The maximum absolute atomic E-state index is 13.3. The molecule has 3 fully saturated rings. The van der Waals surface area contributed by atoms with Gasteiger partial charge in [-0.3, -0.25) is 5.10 Å². The quantitative estimate of drug-likeness (QED) is 0.357. The zero-order chi connectivity index (χ0) is 26.9. The van der Waals surface area contributed by atoms with Crippen LogP contribution < -0.4 is 10.2 Å². The molecule has 2 aromatic heterocycles. The monoisotopic (exact) mass is 555 g/mol. The number of halogens is 3. The van der Waals surface area contributed by atoms with Gasteiger partial charge in [0, 0.05) is 48.2 Å². The summed E-state index contributed by atoms with van der Waals surface area (Å²) in [4.78, 5) is 11.2. The van der Waals surface area contributed by atoms with E-state index in [2.05, 4.69) is 15.5 Å². The summed E-state index contributed by atoms with van der Waals surface area (Å²) in [6.45, 7) is 0.487. The van der Waals surface area contributed by atoms with Crippen molar-refractivity contribution >= 4 is 38.5 Å². The Morgan fingerprint density at radius 2 is 1.79 bits per heavy atom.